The summed E-state index contributed by atoms with van der Waals surface area (Å²) >= 11 is 0. The minimum atomic E-state index is -0.0317. The Morgan fingerprint density at radius 2 is 1.86 bits per heavy atom. The van der Waals surface area contributed by atoms with Crippen molar-refractivity contribution < 1.29 is 0 Å². The summed E-state index contributed by atoms with van der Waals surface area (Å²) in [7, 11) is 1.81. The molecule has 29 heavy (non-hydrogen) atoms. The first kappa shape index (κ1) is 17.3. The second-order valence-corrected chi connectivity index (χ2v) is 7.28. The fourth-order valence-electron chi connectivity index (χ4n) is 3.77. The standard InChI is InChI=1S/C24H20N4O/c1-15-9-10-21-19(12-15)20-14-18(24(29)28(2)23(20)27-21)16-6-5-7-17(13-16)26-22-8-3-4-11-25-22/h3-14,27H,1-2H3,(H,25,26). The molecule has 5 heteroatoms. The highest BCUT2D eigenvalue weighted by molar-refractivity contribution is 6.07. The second kappa shape index (κ2) is 6.63. The molecular weight excluding hydrogens is 360 g/mol. The molecule has 142 valence electrons. The lowest BCUT2D eigenvalue weighted by Gasteiger charge is -2.09. The fourth-order valence-corrected chi connectivity index (χ4v) is 3.77. The number of rotatable bonds is 3. The quantitative estimate of drug-likeness (QED) is 0.456. The first-order valence-electron chi connectivity index (χ1n) is 9.51. The summed E-state index contributed by atoms with van der Waals surface area (Å²) in [5.41, 5.74) is 5.46. The first-order valence-corrected chi connectivity index (χ1v) is 9.51. The van der Waals surface area contributed by atoms with Crippen LogP contribution in [0.15, 0.2) is 77.7 Å². The van der Waals surface area contributed by atoms with Gasteiger partial charge in [0.25, 0.3) is 5.56 Å². The van der Waals surface area contributed by atoms with E-state index in [1.54, 1.807) is 10.8 Å². The van der Waals surface area contributed by atoms with Gasteiger partial charge in [0.15, 0.2) is 0 Å². The molecule has 5 nitrogen and oxygen atoms in total. The maximum absolute atomic E-state index is 13.1. The molecule has 0 aliphatic heterocycles. The Labute approximate surface area is 167 Å². The largest absolute Gasteiger partial charge is 0.341 e. The zero-order chi connectivity index (χ0) is 20.0. The van der Waals surface area contributed by atoms with E-state index in [0.29, 0.717) is 5.56 Å². The topological polar surface area (TPSA) is 62.7 Å². The Kier molecular flexibility index (Phi) is 3.95. The summed E-state index contributed by atoms with van der Waals surface area (Å²) in [6, 6.07) is 21.9. The lowest BCUT2D eigenvalue weighted by atomic mass is 10.0. The lowest BCUT2D eigenvalue weighted by Crippen LogP contribution is -2.18. The van der Waals surface area contributed by atoms with Crippen molar-refractivity contribution in [2.45, 2.75) is 6.92 Å². The number of aromatic nitrogens is 3. The van der Waals surface area contributed by atoms with E-state index in [2.05, 4.69) is 40.4 Å². The monoisotopic (exact) mass is 380 g/mol. The van der Waals surface area contributed by atoms with E-state index in [1.165, 1.54) is 5.56 Å². The molecule has 5 rings (SSSR count). The molecule has 0 aliphatic carbocycles. The Morgan fingerprint density at radius 1 is 0.966 bits per heavy atom. The number of fused-ring (bicyclic) bond motifs is 3. The van der Waals surface area contributed by atoms with Gasteiger partial charge in [0.1, 0.15) is 11.5 Å². The molecule has 0 amide bonds. The van der Waals surface area contributed by atoms with Crippen LogP contribution in [0.25, 0.3) is 33.1 Å². The second-order valence-electron chi connectivity index (χ2n) is 7.28. The van der Waals surface area contributed by atoms with Gasteiger partial charge in [0.2, 0.25) is 0 Å². The molecule has 3 aromatic heterocycles. The van der Waals surface area contributed by atoms with Gasteiger partial charge in [0.05, 0.1) is 0 Å². The van der Waals surface area contributed by atoms with E-state index >= 15 is 0 Å². The van der Waals surface area contributed by atoms with Crippen molar-refractivity contribution in [1.82, 2.24) is 14.5 Å². The molecule has 2 aromatic carbocycles. The summed E-state index contributed by atoms with van der Waals surface area (Å²) in [5.74, 6) is 0.764. The zero-order valence-corrected chi connectivity index (χ0v) is 16.2. The van der Waals surface area contributed by atoms with Crippen molar-refractivity contribution in [3.8, 4) is 11.1 Å². The van der Waals surface area contributed by atoms with Gasteiger partial charge in [-0.15, -0.1) is 0 Å². The van der Waals surface area contributed by atoms with Gasteiger partial charge in [-0.3, -0.25) is 9.36 Å². The van der Waals surface area contributed by atoms with Crippen LogP contribution in [0.4, 0.5) is 11.5 Å². The minimum absolute atomic E-state index is 0.0317. The van der Waals surface area contributed by atoms with Crippen LogP contribution in [-0.2, 0) is 7.05 Å². The van der Waals surface area contributed by atoms with Crippen molar-refractivity contribution >= 4 is 33.4 Å². The van der Waals surface area contributed by atoms with Gasteiger partial charge >= 0.3 is 0 Å². The zero-order valence-electron chi connectivity index (χ0n) is 16.2. The van der Waals surface area contributed by atoms with E-state index in [-0.39, 0.29) is 5.56 Å². The highest BCUT2D eigenvalue weighted by Crippen LogP contribution is 2.29. The van der Waals surface area contributed by atoms with Crippen molar-refractivity contribution in [3.05, 3.63) is 88.8 Å². The Hall–Kier alpha value is -3.86. The SMILES string of the molecule is Cc1ccc2[nH]c3c(cc(-c4cccc(Nc5ccccn5)c4)c(=O)n3C)c2c1. The van der Waals surface area contributed by atoms with Gasteiger partial charge in [-0.05, 0) is 55.0 Å². The third-order valence-electron chi connectivity index (χ3n) is 5.24. The highest BCUT2D eigenvalue weighted by Gasteiger charge is 2.13. The van der Waals surface area contributed by atoms with Gasteiger partial charge in [-0.25, -0.2) is 4.98 Å². The summed E-state index contributed by atoms with van der Waals surface area (Å²) in [6.07, 6.45) is 1.74. The number of benzene rings is 2. The van der Waals surface area contributed by atoms with Gasteiger partial charge in [-0.1, -0.05) is 29.8 Å². The number of nitrogens with one attached hydrogen (secondary N) is 2. The molecule has 0 aliphatic rings. The predicted molar refractivity (Wildman–Crippen MR) is 119 cm³/mol. The van der Waals surface area contributed by atoms with Crippen LogP contribution in [0.5, 0.6) is 0 Å². The van der Waals surface area contributed by atoms with E-state index in [9.17, 15) is 4.79 Å². The molecule has 3 heterocycles. The Morgan fingerprint density at radius 3 is 2.69 bits per heavy atom. The van der Waals surface area contributed by atoms with Gasteiger partial charge in [-0.2, -0.15) is 0 Å². The van der Waals surface area contributed by atoms with Crippen LogP contribution in [0.2, 0.25) is 0 Å². The molecule has 0 saturated heterocycles. The molecule has 0 bridgehead atoms. The van der Waals surface area contributed by atoms with Crippen molar-refractivity contribution in [3.63, 3.8) is 0 Å². The number of hydrogen-bond acceptors (Lipinski definition) is 3. The summed E-state index contributed by atoms with van der Waals surface area (Å²) in [6.45, 7) is 2.08. The molecule has 5 aromatic rings. The first-order chi connectivity index (χ1) is 14.1. The fraction of sp³-hybridized carbons (Fsp3) is 0.0833. The average molecular weight is 380 g/mol. The highest BCUT2D eigenvalue weighted by atomic mass is 16.1. The van der Waals surface area contributed by atoms with Crippen LogP contribution < -0.4 is 10.9 Å². The van der Waals surface area contributed by atoms with E-state index in [0.717, 1.165) is 39.0 Å². The molecule has 0 fully saturated rings. The number of nitrogens with zero attached hydrogens (tertiary/aromatic N) is 2. The number of pyridine rings is 2. The van der Waals surface area contributed by atoms with Crippen LogP contribution in [-0.4, -0.2) is 14.5 Å². The predicted octanol–water partition coefficient (Wildman–Crippen LogP) is 5.13. The van der Waals surface area contributed by atoms with Crippen molar-refractivity contribution in [2.75, 3.05) is 5.32 Å². The Balaban J connectivity index is 1.68. The molecule has 0 spiro atoms. The van der Waals surface area contributed by atoms with Crippen LogP contribution in [0.1, 0.15) is 5.56 Å². The van der Waals surface area contributed by atoms with E-state index < -0.39 is 0 Å². The number of H-pyrrole nitrogens is 1. The minimum Gasteiger partial charge on any atom is -0.341 e. The number of aryl methyl sites for hydroxylation is 2. The van der Waals surface area contributed by atoms with Crippen LogP contribution in [0.3, 0.4) is 0 Å². The molecule has 0 radical (unpaired) electrons. The smallest absolute Gasteiger partial charge is 0.259 e. The number of hydrogen-bond donors (Lipinski definition) is 2. The van der Waals surface area contributed by atoms with Gasteiger partial charge in [0, 0.05) is 40.8 Å². The van der Waals surface area contributed by atoms with Gasteiger partial charge < -0.3 is 10.3 Å². The average Bonchev–Trinajstić information content (AvgIpc) is 3.09. The van der Waals surface area contributed by atoms with Crippen molar-refractivity contribution in [2.24, 2.45) is 7.05 Å². The normalized spacial score (nSPS) is 11.2. The third kappa shape index (κ3) is 2.97. The summed E-state index contributed by atoms with van der Waals surface area (Å²) in [4.78, 5) is 20.8. The Bertz CT molecular complexity index is 1410. The van der Waals surface area contributed by atoms with Crippen LogP contribution in [0, 0.1) is 6.92 Å². The maximum Gasteiger partial charge on any atom is 0.259 e. The molecule has 0 unspecified atom stereocenters. The number of anilines is 2. The molecule has 0 atom stereocenters. The summed E-state index contributed by atoms with van der Waals surface area (Å²) in [5, 5.41) is 5.46. The van der Waals surface area contributed by atoms with Crippen LogP contribution >= 0.6 is 0 Å². The lowest BCUT2D eigenvalue weighted by molar-refractivity contribution is 0.896. The number of aromatic amines is 1. The maximum atomic E-state index is 13.1. The van der Waals surface area contributed by atoms with Crippen molar-refractivity contribution in [1.29, 1.82) is 0 Å². The summed E-state index contributed by atoms with van der Waals surface area (Å²) < 4.78 is 1.69. The van der Waals surface area contributed by atoms with E-state index in [1.807, 2.05) is 55.6 Å². The third-order valence-corrected chi connectivity index (χ3v) is 5.24. The molecular formula is C24H20N4O. The molecule has 2 N–H and O–H groups in total. The molecule has 0 saturated carbocycles. The van der Waals surface area contributed by atoms with E-state index in [4.69, 9.17) is 0 Å².